The SMILES string of the molecule is CC(C)CC(C)N(C)C(=O)C(C)(C)S(=O)(=O)c1ccc(Br)cc1. The molecule has 0 aliphatic rings. The average molecular weight is 404 g/mol. The number of benzene rings is 1. The van der Waals surface area contributed by atoms with Crippen molar-refractivity contribution >= 4 is 31.7 Å². The normalized spacial score (nSPS) is 13.9. The molecular formula is C17H26BrNO3S. The molecule has 1 aromatic rings. The number of hydrogen-bond donors (Lipinski definition) is 0. The average Bonchev–Trinajstić information content (AvgIpc) is 2.45. The maximum Gasteiger partial charge on any atom is 0.243 e. The Labute approximate surface area is 148 Å². The van der Waals surface area contributed by atoms with Crippen molar-refractivity contribution in [2.24, 2.45) is 5.92 Å². The number of sulfone groups is 1. The molecule has 0 spiro atoms. The number of rotatable bonds is 6. The summed E-state index contributed by atoms with van der Waals surface area (Å²) in [6, 6.07) is 6.36. The van der Waals surface area contributed by atoms with Crippen molar-refractivity contribution in [3.63, 3.8) is 0 Å². The monoisotopic (exact) mass is 403 g/mol. The largest absolute Gasteiger partial charge is 0.342 e. The Hall–Kier alpha value is -0.880. The molecule has 0 aliphatic heterocycles. The highest BCUT2D eigenvalue weighted by Gasteiger charge is 2.45. The van der Waals surface area contributed by atoms with E-state index < -0.39 is 14.6 Å². The first-order valence-electron chi connectivity index (χ1n) is 7.68. The van der Waals surface area contributed by atoms with Crippen molar-refractivity contribution in [2.75, 3.05) is 7.05 Å². The number of amides is 1. The zero-order valence-electron chi connectivity index (χ0n) is 14.6. The molecule has 1 aromatic carbocycles. The molecular weight excluding hydrogens is 378 g/mol. The molecule has 0 saturated carbocycles. The van der Waals surface area contributed by atoms with Crippen LogP contribution in [0, 0.1) is 5.92 Å². The van der Waals surface area contributed by atoms with Crippen molar-refractivity contribution in [3.8, 4) is 0 Å². The van der Waals surface area contributed by atoms with Gasteiger partial charge in [-0.05, 0) is 57.4 Å². The summed E-state index contributed by atoms with van der Waals surface area (Å²) < 4.78 is 25.1. The van der Waals surface area contributed by atoms with Crippen molar-refractivity contribution in [1.29, 1.82) is 0 Å². The van der Waals surface area contributed by atoms with Gasteiger partial charge in [0.2, 0.25) is 5.91 Å². The highest BCUT2D eigenvalue weighted by Crippen LogP contribution is 2.29. The van der Waals surface area contributed by atoms with Crippen LogP contribution in [-0.4, -0.2) is 37.1 Å². The molecule has 0 heterocycles. The summed E-state index contributed by atoms with van der Waals surface area (Å²) in [7, 11) is -2.10. The van der Waals surface area contributed by atoms with Gasteiger partial charge in [0.05, 0.1) is 4.90 Å². The number of carbonyl (C=O) groups is 1. The fourth-order valence-electron chi connectivity index (χ4n) is 2.49. The maximum atomic E-state index is 12.9. The van der Waals surface area contributed by atoms with Crippen molar-refractivity contribution < 1.29 is 13.2 Å². The van der Waals surface area contributed by atoms with Crippen LogP contribution in [0.5, 0.6) is 0 Å². The van der Waals surface area contributed by atoms with E-state index in [1.54, 1.807) is 24.1 Å². The third-order valence-electron chi connectivity index (χ3n) is 4.10. The fourth-order valence-corrected chi connectivity index (χ4v) is 4.21. The highest BCUT2D eigenvalue weighted by molar-refractivity contribution is 9.10. The minimum atomic E-state index is -3.77. The van der Waals surface area contributed by atoms with E-state index in [-0.39, 0.29) is 16.8 Å². The Morgan fingerprint density at radius 1 is 1.17 bits per heavy atom. The second kappa shape index (κ2) is 7.34. The van der Waals surface area contributed by atoms with Gasteiger partial charge >= 0.3 is 0 Å². The minimum Gasteiger partial charge on any atom is -0.342 e. The summed E-state index contributed by atoms with van der Waals surface area (Å²) in [5, 5.41) is 0. The number of halogens is 1. The Kier molecular flexibility index (Phi) is 6.44. The van der Waals surface area contributed by atoms with E-state index >= 15 is 0 Å². The van der Waals surface area contributed by atoms with E-state index in [1.807, 2.05) is 6.92 Å². The van der Waals surface area contributed by atoms with Gasteiger partial charge in [-0.15, -0.1) is 0 Å². The molecule has 1 amide bonds. The molecule has 0 saturated heterocycles. The Balaban J connectivity index is 3.13. The Bertz CT molecular complexity index is 651. The first-order chi connectivity index (χ1) is 10.4. The van der Waals surface area contributed by atoms with Gasteiger partial charge in [-0.25, -0.2) is 8.42 Å². The number of nitrogens with zero attached hydrogens (tertiary/aromatic N) is 1. The van der Waals surface area contributed by atoms with Gasteiger partial charge in [0.25, 0.3) is 0 Å². The maximum absolute atomic E-state index is 12.9. The first-order valence-corrected chi connectivity index (χ1v) is 9.96. The van der Waals surface area contributed by atoms with Crippen LogP contribution in [0.25, 0.3) is 0 Å². The van der Waals surface area contributed by atoms with Crippen molar-refractivity contribution in [3.05, 3.63) is 28.7 Å². The van der Waals surface area contributed by atoms with Gasteiger partial charge in [-0.1, -0.05) is 29.8 Å². The molecule has 0 radical (unpaired) electrons. The zero-order valence-corrected chi connectivity index (χ0v) is 17.0. The van der Waals surface area contributed by atoms with E-state index in [9.17, 15) is 13.2 Å². The smallest absolute Gasteiger partial charge is 0.243 e. The van der Waals surface area contributed by atoms with Crippen LogP contribution in [-0.2, 0) is 14.6 Å². The topological polar surface area (TPSA) is 54.5 Å². The third-order valence-corrected chi connectivity index (χ3v) is 7.04. The molecule has 0 N–H and O–H groups in total. The second-order valence-electron chi connectivity index (χ2n) is 6.86. The summed E-state index contributed by atoms with van der Waals surface area (Å²) in [6.07, 6.45) is 0.830. The van der Waals surface area contributed by atoms with Gasteiger partial charge in [0, 0.05) is 17.6 Å². The lowest BCUT2D eigenvalue weighted by Gasteiger charge is -2.33. The molecule has 0 aliphatic carbocycles. The van der Waals surface area contributed by atoms with E-state index in [0.29, 0.717) is 5.92 Å². The molecule has 130 valence electrons. The third kappa shape index (κ3) is 4.35. The van der Waals surface area contributed by atoms with Crippen LogP contribution in [0.15, 0.2) is 33.6 Å². The molecule has 1 atom stereocenters. The van der Waals surface area contributed by atoms with E-state index in [4.69, 9.17) is 0 Å². The lowest BCUT2D eigenvalue weighted by atomic mass is 10.0. The molecule has 1 rings (SSSR count). The summed E-state index contributed by atoms with van der Waals surface area (Å²) in [6.45, 7) is 9.06. The summed E-state index contributed by atoms with van der Waals surface area (Å²) >= 11 is 3.29. The van der Waals surface area contributed by atoms with Gasteiger partial charge in [-0.2, -0.15) is 0 Å². The van der Waals surface area contributed by atoms with Crippen LogP contribution in [0.2, 0.25) is 0 Å². The van der Waals surface area contributed by atoms with Gasteiger partial charge in [0.1, 0.15) is 4.75 Å². The first kappa shape index (κ1) is 20.2. The highest BCUT2D eigenvalue weighted by atomic mass is 79.9. The predicted octanol–water partition coefficient (Wildman–Crippen LogP) is 3.89. The summed E-state index contributed by atoms with van der Waals surface area (Å²) in [5.74, 6) is 0.0556. The van der Waals surface area contributed by atoms with Gasteiger partial charge < -0.3 is 4.90 Å². The molecule has 1 unspecified atom stereocenters. The Morgan fingerprint density at radius 3 is 2.09 bits per heavy atom. The van der Waals surface area contributed by atoms with Gasteiger partial charge in [0.15, 0.2) is 9.84 Å². The lowest BCUT2D eigenvalue weighted by molar-refractivity contribution is -0.133. The van der Waals surface area contributed by atoms with Crippen LogP contribution < -0.4 is 0 Å². The molecule has 6 heteroatoms. The van der Waals surface area contributed by atoms with Crippen molar-refractivity contribution in [2.45, 2.75) is 56.7 Å². The van der Waals surface area contributed by atoms with Crippen molar-refractivity contribution in [1.82, 2.24) is 4.90 Å². The van der Waals surface area contributed by atoms with E-state index in [1.165, 1.54) is 26.0 Å². The van der Waals surface area contributed by atoms with Gasteiger partial charge in [-0.3, -0.25) is 4.79 Å². The van der Waals surface area contributed by atoms with E-state index in [2.05, 4.69) is 29.8 Å². The minimum absolute atomic E-state index is 0.0121. The molecule has 4 nitrogen and oxygen atoms in total. The molecule has 0 aromatic heterocycles. The summed E-state index contributed by atoms with van der Waals surface area (Å²) in [4.78, 5) is 14.5. The van der Waals surface area contributed by atoms with Crippen LogP contribution in [0.3, 0.4) is 0 Å². The fraction of sp³-hybridized carbons (Fsp3) is 0.588. The van der Waals surface area contributed by atoms with Crippen LogP contribution >= 0.6 is 15.9 Å². The summed E-state index contributed by atoms with van der Waals surface area (Å²) in [5.41, 5.74) is 0. The van der Waals surface area contributed by atoms with E-state index in [0.717, 1.165) is 10.9 Å². The lowest BCUT2D eigenvalue weighted by Crippen LogP contribution is -2.51. The second-order valence-corrected chi connectivity index (χ2v) is 10.3. The molecule has 0 bridgehead atoms. The molecule has 0 fully saturated rings. The standard InChI is InChI=1S/C17H26BrNO3S/c1-12(2)11-13(3)19(6)16(20)17(4,5)23(21,22)15-9-7-14(18)8-10-15/h7-10,12-13H,11H2,1-6H3. The zero-order chi connectivity index (χ0) is 18.0. The predicted molar refractivity (Wildman–Crippen MR) is 97.1 cm³/mol. The van der Waals surface area contributed by atoms with Crippen LogP contribution in [0.4, 0.5) is 0 Å². The molecule has 23 heavy (non-hydrogen) atoms. The quantitative estimate of drug-likeness (QED) is 0.723. The number of carbonyl (C=O) groups excluding carboxylic acids is 1. The Morgan fingerprint density at radius 2 is 1.65 bits per heavy atom. The van der Waals surface area contributed by atoms with Crippen LogP contribution in [0.1, 0.15) is 41.0 Å². The number of hydrogen-bond acceptors (Lipinski definition) is 3.